The summed E-state index contributed by atoms with van der Waals surface area (Å²) in [6, 6.07) is 12.3. The van der Waals surface area contributed by atoms with Gasteiger partial charge in [0.1, 0.15) is 5.82 Å². The average molecular weight is 286 g/mol. The van der Waals surface area contributed by atoms with E-state index < -0.39 is 0 Å². The number of aryl methyl sites for hydroxylation is 1. The molecule has 0 heterocycles. The highest BCUT2D eigenvalue weighted by Crippen LogP contribution is 2.17. The van der Waals surface area contributed by atoms with Crippen molar-refractivity contribution in [2.45, 2.75) is 20.4 Å². The molecule has 2 N–H and O–H groups in total. The van der Waals surface area contributed by atoms with E-state index in [0.717, 1.165) is 11.3 Å². The monoisotopic (exact) mass is 286 g/mol. The minimum Gasteiger partial charge on any atom is -0.376 e. The van der Waals surface area contributed by atoms with Gasteiger partial charge in [-0.25, -0.2) is 4.39 Å². The molecule has 0 spiro atoms. The van der Waals surface area contributed by atoms with Crippen LogP contribution in [0.4, 0.5) is 10.1 Å². The highest BCUT2D eigenvalue weighted by atomic mass is 19.1. The van der Waals surface area contributed by atoms with Crippen molar-refractivity contribution in [2.75, 3.05) is 11.9 Å². The molecule has 0 unspecified atom stereocenters. The van der Waals surface area contributed by atoms with Gasteiger partial charge in [-0.15, -0.1) is 0 Å². The van der Waals surface area contributed by atoms with E-state index in [2.05, 4.69) is 10.6 Å². The molecule has 2 rings (SSSR count). The molecule has 110 valence electrons. The number of benzene rings is 2. The molecular formula is C17H19FN2O. The Balaban J connectivity index is 1.85. The number of rotatable bonds is 5. The normalized spacial score (nSPS) is 10.2. The first-order chi connectivity index (χ1) is 10.1. The number of hydrogen-bond acceptors (Lipinski definition) is 2. The lowest BCUT2D eigenvalue weighted by atomic mass is 10.1. The summed E-state index contributed by atoms with van der Waals surface area (Å²) in [7, 11) is 0. The van der Waals surface area contributed by atoms with Crippen molar-refractivity contribution in [1.29, 1.82) is 0 Å². The standard InChI is InChI=1S/C17H19FN2O/c1-12-6-5-9-16(13(12)2)19-11-17(21)20-10-14-7-3-4-8-15(14)18/h3-9,19H,10-11H2,1-2H3,(H,20,21). The molecule has 0 saturated carbocycles. The lowest BCUT2D eigenvalue weighted by molar-refractivity contribution is -0.119. The summed E-state index contributed by atoms with van der Waals surface area (Å²) in [6.07, 6.45) is 0. The third-order valence-corrected chi connectivity index (χ3v) is 3.48. The maximum atomic E-state index is 13.4. The van der Waals surface area contributed by atoms with Crippen LogP contribution in [0.5, 0.6) is 0 Å². The Morgan fingerprint density at radius 1 is 1.10 bits per heavy atom. The molecule has 2 aromatic rings. The number of amides is 1. The molecule has 0 radical (unpaired) electrons. The molecule has 4 heteroatoms. The summed E-state index contributed by atoms with van der Waals surface area (Å²) in [5.41, 5.74) is 3.72. The van der Waals surface area contributed by atoms with Gasteiger partial charge in [0.15, 0.2) is 0 Å². The van der Waals surface area contributed by atoms with Gasteiger partial charge >= 0.3 is 0 Å². The van der Waals surface area contributed by atoms with Crippen molar-refractivity contribution >= 4 is 11.6 Å². The lowest BCUT2D eigenvalue weighted by Crippen LogP contribution is -2.29. The maximum Gasteiger partial charge on any atom is 0.239 e. The van der Waals surface area contributed by atoms with Crippen molar-refractivity contribution in [3.63, 3.8) is 0 Å². The van der Waals surface area contributed by atoms with E-state index in [4.69, 9.17) is 0 Å². The molecule has 0 bridgehead atoms. The Hall–Kier alpha value is -2.36. The van der Waals surface area contributed by atoms with Crippen molar-refractivity contribution in [3.05, 3.63) is 65.0 Å². The molecule has 0 saturated heterocycles. The fourth-order valence-electron chi connectivity index (χ4n) is 2.02. The van der Waals surface area contributed by atoms with E-state index in [0.29, 0.717) is 5.56 Å². The Labute approximate surface area is 124 Å². The number of nitrogens with one attached hydrogen (secondary N) is 2. The van der Waals surface area contributed by atoms with Crippen LogP contribution in [0, 0.1) is 19.7 Å². The van der Waals surface area contributed by atoms with E-state index in [9.17, 15) is 9.18 Å². The van der Waals surface area contributed by atoms with Gasteiger partial charge in [0.05, 0.1) is 6.54 Å². The maximum absolute atomic E-state index is 13.4. The zero-order valence-corrected chi connectivity index (χ0v) is 12.2. The van der Waals surface area contributed by atoms with Crippen LogP contribution in [0.3, 0.4) is 0 Å². The Morgan fingerprint density at radius 2 is 1.86 bits per heavy atom. The van der Waals surface area contributed by atoms with Gasteiger partial charge in [0, 0.05) is 17.8 Å². The van der Waals surface area contributed by atoms with Crippen LogP contribution in [-0.2, 0) is 11.3 Å². The van der Waals surface area contributed by atoms with Gasteiger partial charge in [0.2, 0.25) is 5.91 Å². The average Bonchev–Trinajstić information content (AvgIpc) is 2.48. The Morgan fingerprint density at radius 3 is 2.62 bits per heavy atom. The third-order valence-electron chi connectivity index (χ3n) is 3.48. The SMILES string of the molecule is Cc1cccc(NCC(=O)NCc2ccccc2F)c1C. The van der Waals surface area contributed by atoms with Gasteiger partial charge in [-0.05, 0) is 37.1 Å². The number of halogens is 1. The van der Waals surface area contributed by atoms with Gasteiger partial charge in [-0.3, -0.25) is 4.79 Å². The quantitative estimate of drug-likeness (QED) is 0.886. The van der Waals surface area contributed by atoms with Gasteiger partial charge < -0.3 is 10.6 Å². The second kappa shape index (κ2) is 6.88. The Kier molecular flexibility index (Phi) is 4.93. The van der Waals surface area contributed by atoms with E-state index in [-0.39, 0.29) is 24.8 Å². The zero-order valence-electron chi connectivity index (χ0n) is 12.2. The smallest absolute Gasteiger partial charge is 0.239 e. The molecular weight excluding hydrogens is 267 g/mol. The molecule has 0 aliphatic heterocycles. The second-order valence-corrected chi connectivity index (χ2v) is 4.97. The molecule has 1 amide bonds. The van der Waals surface area contributed by atoms with Crippen LogP contribution in [0.25, 0.3) is 0 Å². The van der Waals surface area contributed by atoms with E-state index >= 15 is 0 Å². The van der Waals surface area contributed by atoms with Crippen LogP contribution in [0.1, 0.15) is 16.7 Å². The summed E-state index contributed by atoms with van der Waals surface area (Å²) in [4.78, 5) is 11.8. The molecule has 0 aromatic heterocycles. The van der Waals surface area contributed by atoms with E-state index in [1.165, 1.54) is 11.6 Å². The molecule has 2 aromatic carbocycles. The van der Waals surface area contributed by atoms with Crippen LogP contribution in [0.15, 0.2) is 42.5 Å². The number of anilines is 1. The van der Waals surface area contributed by atoms with Gasteiger partial charge in [0.25, 0.3) is 0 Å². The van der Waals surface area contributed by atoms with Gasteiger partial charge in [-0.1, -0.05) is 30.3 Å². The van der Waals surface area contributed by atoms with Crippen molar-refractivity contribution < 1.29 is 9.18 Å². The van der Waals surface area contributed by atoms with Crippen molar-refractivity contribution in [3.8, 4) is 0 Å². The van der Waals surface area contributed by atoms with Crippen LogP contribution in [0.2, 0.25) is 0 Å². The van der Waals surface area contributed by atoms with Crippen LogP contribution >= 0.6 is 0 Å². The molecule has 0 aliphatic rings. The number of hydrogen-bond donors (Lipinski definition) is 2. The van der Waals surface area contributed by atoms with Crippen LogP contribution < -0.4 is 10.6 Å². The number of carbonyl (C=O) groups excluding carboxylic acids is 1. The minimum absolute atomic E-state index is 0.165. The molecule has 21 heavy (non-hydrogen) atoms. The fraction of sp³-hybridized carbons (Fsp3) is 0.235. The van der Waals surface area contributed by atoms with Crippen molar-refractivity contribution in [1.82, 2.24) is 5.32 Å². The summed E-state index contributed by atoms with van der Waals surface area (Å²) >= 11 is 0. The first kappa shape index (κ1) is 15.0. The third kappa shape index (κ3) is 4.05. The van der Waals surface area contributed by atoms with Crippen LogP contribution in [-0.4, -0.2) is 12.5 Å². The van der Waals surface area contributed by atoms with Crippen molar-refractivity contribution in [2.24, 2.45) is 0 Å². The Bertz CT molecular complexity index is 640. The largest absolute Gasteiger partial charge is 0.376 e. The topological polar surface area (TPSA) is 41.1 Å². The molecule has 0 fully saturated rings. The highest BCUT2D eigenvalue weighted by Gasteiger charge is 2.06. The molecule has 3 nitrogen and oxygen atoms in total. The first-order valence-corrected chi connectivity index (χ1v) is 6.88. The summed E-state index contributed by atoms with van der Waals surface area (Å²) in [6.45, 7) is 4.40. The minimum atomic E-state index is -0.305. The highest BCUT2D eigenvalue weighted by molar-refractivity contribution is 5.81. The zero-order chi connectivity index (χ0) is 15.2. The molecule has 0 atom stereocenters. The predicted octanol–water partition coefficient (Wildman–Crippen LogP) is 3.17. The van der Waals surface area contributed by atoms with Gasteiger partial charge in [-0.2, -0.15) is 0 Å². The summed E-state index contributed by atoms with van der Waals surface area (Å²) in [5, 5.41) is 5.80. The summed E-state index contributed by atoms with van der Waals surface area (Å²) in [5.74, 6) is -0.473. The first-order valence-electron chi connectivity index (χ1n) is 6.88. The summed E-state index contributed by atoms with van der Waals surface area (Å²) < 4.78 is 13.4. The lowest BCUT2D eigenvalue weighted by Gasteiger charge is -2.11. The number of carbonyl (C=O) groups is 1. The second-order valence-electron chi connectivity index (χ2n) is 4.97. The van der Waals surface area contributed by atoms with E-state index in [1.807, 2.05) is 32.0 Å². The molecule has 0 aliphatic carbocycles. The van der Waals surface area contributed by atoms with E-state index in [1.54, 1.807) is 18.2 Å². The fourth-order valence-corrected chi connectivity index (χ4v) is 2.02. The predicted molar refractivity (Wildman–Crippen MR) is 82.7 cm³/mol.